The molecule has 112 valence electrons. The molecule has 2 aromatic rings. The van der Waals surface area contributed by atoms with Gasteiger partial charge in [-0.05, 0) is 37.1 Å². The summed E-state index contributed by atoms with van der Waals surface area (Å²) in [5, 5.41) is 13.9. The zero-order valence-corrected chi connectivity index (χ0v) is 13.0. The first-order valence-corrected chi connectivity index (χ1v) is 7.76. The zero-order valence-electron chi connectivity index (χ0n) is 12.2. The summed E-state index contributed by atoms with van der Waals surface area (Å²) in [5.41, 5.74) is 2.42. The number of hydrogen-bond acceptors (Lipinski definition) is 4. The lowest BCUT2D eigenvalue weighted by Crippen LogP contribution is -2.03. The molecule has 1 heterocycles. The molecule has 0 aliphatic rings. The van der Waals surface area contributed by atoms with Crippen LogP contribution in [-0.4, -0.2) is 17.7 Å². The number of thiophene rings is 1. The number of carboxylic acid groups (broad SMARTS) is 1. The van der Waals surface area contributed by atoms with Gasteiger partial charge in [-0.15, -0.1) is 11.3 Å². The Balaban J connectivity index is 2.06. The van der Waals surface area contributed by atoms with Crippen molar-refractivity contribution < 1.29 is 14.6 Å². The molecule has 2 rings (SSSR count). The van der Waals surface area contributed by atoms with Crippen LogP contribution in [-0.2, 0) is 6.54 Å². The van der Waals surface area contributed by atoms with Gasteiger partial charge in [0.25, 0.3) is 0 Å². The smallest absolute Gasteiger partial charge is 0.336 e. The molecular weight excluding hydrogens is 286 g/mol. The average molecular weight is 305 g/mol. The number of anilines is 1. The van der Waals surface area contributed by atoms with Gasteiger partial charge >= 0.3 is 5.97 Å². The van der Waals surface area contributed by atoms with E-state index in [9.17, 15) is 4.79 Å². The largest absolute Gasteiger partial charge is 0.491 e. The van der Waals surface area contributed by atoms with Gasteiger partial charge in [-0.3, -0.25) is 0 Å². The predicted molar refractivity (Wildman–Crippen MR) is 85.6 cm³/mol. The van der Waals surface area contributed by atoms with E-state index in [2.05, 4.69) is 12.2 Å². The van der Waals surface area contributed by atoms with Crippen LogP contribution in [0.3, 0.4) is 0 Å². The van der Waals surface area contributed by atoms with E-state index < -0.39 is 5.97 Å². The third kappa shape index (κ3) is 4.23. The molecule has 0 aliphatic heterocycles. The van der Waals surface area contributed by atoms with Crippen LogP contribution in [0.15, 0.2) is 29.6 Å². The number of carbonyl (C=O) groups is 1. The second-order valence-corrected chi connectivity index (χ2v) is 5.80. The Kier molecular flexibility index (Phi) is 5.22. The van der Waals surface area contributed by atoms with E-state index in [1.54, 1.807) is 11.4 Å². The highest BCUT2D eigenvalue weighted by Gasteiger charge is 2.08. The number of hydrogen-bond donors (Lipinski definition) is 2. The van der Waals surface area contributed by atoms with Crippen molar-refractivity contribution in [2.75, 3.05) is 11.9 Å². The van der Waals surface area contributed by atoms with Crippen LogP contribution < -0.4 is 10.1 Å². The highest BCUT2D eigenvalue weighted by atomic mass is 32.1. The second kappa shape index (κ2) is 7.13. The van der Waals surface area contributed by atoms with Crippen molar-refractivity contribution in [1.29, 1.82) is 0 Å². The van der Waals surface area contributed by atoms with Crippen LogP contribution in [0.25, 0.3) is 0 Å². The Morgan fingerprint density at radius 3 is 2.86 bits per heavy atom. The number of aryl methyl sites for hydroxylation is 1. The van der Waals surface area contributed by atoms with Gasteiger partial charge in [-0.2, -0.15) is 0 Å². The number of rotatable bonds is 7. The maximum absolute atomic E-state index is 10.9. The van der Waals surface area contributed by atoms with Crippen LogP contribution in [0.4, 0.5) is 5.69 Å². The summed E-state index contributed by atoms with van der Waals surface area (Å²) >= 11 is 1.44. The van der Waals surface area contributed by atoms with E-state index in [0.717, 1.165) is 28.3 Å². The number of benzene rings is 1. The molecule has 0 bridgehead atoms. The van der Waals surface area contributed by atoms with E-state index >= 15 is 0 Å². The molecule has 1 aromatic carbocycles. The fourth-order valence-corrected chi connectivity index (χ4v) is 2.67. The lowest BCUT2D eigenvalue weighted by atomic mass is 10.2. The lowest BCUT2D eigenvalue weighted by Gasteiger charge is -2.13. The van der Waals surface area contributed by atoms with Gasteiger partial charge in [-0.1, -0.05) is 13.0 Å². The minimum absolute atomic E-state index is 0.336. The fourth-order valence-electron chi connectivity index (χ4n) is 1.87. The topological polar surface area (TPSA) is 58.6 Å². The summed E-state index contributed by atoms with van der Waals surface area (Å²) in [7, 11) is 0. The van der Waals surface area contributed by atoms with Gasteiger partial charge in [-0.25, -0.2) is 4.79 Å². The first-order valence-electron chi connectivity index (χ1n) is 6.88. The molecule has 0 unspecified atom stereocenters. The number of carboxylic acids is 1. The first kappa shape index (κ1) is 15.4. The third-order valence-electron chi connectivity index (χ3n) is 2.95. The van der Waals surface area contributed by atoms with E-state index in [0.29, 0.717) is 18.7 Å². The average Bonchev–Trinajstić information content (AvgIpc) is 2.93. The second-order valence-electron chi connectivity index (χ2n) is 4.81. The molecule has 0 saturated carbocycles. The summed E-state index contributed by atoms with van der Waals surface area (Å²) in [4.78, 5) is 11.8. The van der Waals surface area contributed by atoms with Gasteiger partial charge in [0.15, 0.2) is 0 Å². The molecule has 0 fully saturated rings. The standard InChI is InChI=1S/C16H19NO3S/c1-3-6-20-15-7-11(2)4-5-14(15)17-9-13-8-12(10-21-13)16(18)19/h4-5,7-8,10,17H,3,6,9H2,1-2H3,(H,18,19). The van der Waals surface area contributed by atoms with Gasteiger partial charge in [0.2, 0.25) is 0 Å². The highest BCUT2D eigenvalue weighted by Crippen LogP contribution is 2.27. The van der Waals surface area contributed by atoms with Crippen molar-refractivity contribution in [3.05, 3.63) is 45.6 Å². The van der Waals surface area contributed by atoms with Crippen LogP contribution in [0, 0.1) is 6.92 Å². The SMILES string of the molecule is CCCOc1cc(C)ccc1NCc1cc(C(=O)O)cs1. The van der Waals surface area contributed by atoms with Crippen molar-refractivity contribution in [3.63, 3.8) is 0 Å². The fraction of sp³-hybridized carbons (Fsp3) is 0.312. The van der Waals surface area contributed by atoms with Crippen molar-refractivity contribution in [3.8, 4) is 5.75 Å². The number of ether oxygens (including phenoxy) is 1. The minimum atomic E-state index is -0.889. The molecule has 2 N–H and O–H groups in total. The van der Waals surface area contributed by atoms with E-state index in [4.69, 9.17) is 9.84 Å². The van der Waals surface area contributed by atoms with Crippen LogP contribution in [0.5, 0.6) is 5.75 Å². The Morgan fingerprint density at radius 2 is 2.19 bits per heavy atom. The Bertz CT molecular complexity index is 622. The summed E-state index contributed by atoms with van der Waals surface area (Å²) in [6.45, 7) is 5.37. The monoisotopic (exact) mass is 305 g/mol. The number of aromatic carboxylic acids is 1. The lowest BCUT2D eigenvalue weighted by molar-refractivity contribution is 0.0697. The molecule has 1 aromatic heterocycles. The minimum Gasteiger partial charge on any atom is -0.491 e. The van der Waals surface area contributed by atoms with Gasteiger partial charge in [0, 0.05) is 16.8 Å². The van der Waals surface area contributed by atoms with Crippen molar-refractivity contribution in [1.82, 2.24) is 0 Å². The molecule has 4 nitrogen and oxygen atoms in total. The van der Waals surface area contributed by atoms with Crippen molar-refractivity contribution in [2.45, 2.75) is 26.8 Å². The summed E-state index contributed by atoms with van der Waals surface area (Å²) in [5.74, 6) is -0.0494. The maximum atomic E-state index is 10.9. The molecule has 0 amide bonds. The quantitative estimate of drug-likeness (QED) is 0.806. The van der Waals surface area contributed by atoms with Gasteiger partial charge in [0.1, 0.15) is 5.75 Å². The molecule has 5 heteroatoms. The molecule has 0 spiro atoms. The van der Waals surface area contributed by atoms with E-state index in [1.807, 2.05) is 25.1 Å². The molecule has 0 radical (unpaired) electrons. The predicted octanol–water partition coefficient (Wildman–Crippen LogP) is 4.16. The molecule has 0 aliphatic carbocycles. The maximum Gasteiger partial charge on any atom is 0.336 e. The summed E-state index contributed by atoms with van der Waals surface area (Å²) in [6, 6.07) is 7.72. The molecule has 0 atom stereocenters. The Hall–Kier alpha value is -2.01. The van der Waals surface area contributed by atoms with E-state index in [-0.39, 0.29) is 0 Å². The van der Waals surface area contributed by atoms with Crippen molar-refractivity contribution in [2.24, 2.45) is 0 Å². The molecular formula is C16H19NO3S. The van der Waals surface area contributed by atoms with Crippen LogP contribution in [0.2, 0.25) is 0 Å². The van der Waals surface area contributed by atoms with E-state index in [1.165, 1.54) is 11.3 Å². The highest BCUT2D eigenvalue weighted by molar-refractivity contribution is 7.10. The Morgan fingerprint density at radius 1 is 1.38 bits per heavy atom. The summed E-state index contributed by atoms with van der Waals surface area (Å²) in [6.07, 6.45) is 0.959. The van der Waals surface area contributed by atoms with Gasteiger partial charge < -0.3 is 15.2 Å². The first-order chi connectivity index (χ1) is 10.1. The molecule has 0 saturated heterocycles. The zero-order chi connectivity index (χ0) is 15.2. The van der Waals surface area contributed by atoms with Crippen molar-refractivity contribution >= 4 is 23.0 Å². The normalized spacial score (nSPS) is 10.4. The third-order valence-corrected chi connectivity index (χ3v) is 3.89. The van der Waals surface area contributed by atoms with Crippen LogP contribution >= 0.6 is 11.3 Å². The Labute approximate surface area is 128 Å². The number of nitrogens with one attached hydrogen (secondary N) is 1. The van der Waals surface area contributed by atoms with Crippen LogP contribution in [0.1, 0.15) is 34.1 Å². The van der Waals surface area contributed by atoms with Gasteiger partial charge in [0.05, 0.1) is 17.9 Å². The summed E-state index contributed by atoms with van der Waals surface area (Å²) < 4.78 is 5.75. The molecule has 21 heavy (non-hydrogen) atoms.